The number of ether oxygens (including phenoxy) is 3. The standard InChI is InChI=1S/C65H102O6/c1-4-7-10-13-16-19-22-25-28-30-32-34-37-39-42-45-48-51-54-57-63(66)69-60-62(71-65(68)59-56-53-50-47-44-41-36-27-24-21-18-15-12-9-6-3)61-70-64(67)58-55-52-49-46-43-40-38-35-33-31-29-26-23-20-17-14-11-8-5-2/h7-8,10-11,16-17,19-20,25-26,28-29,32-35,39-40,42-43,48-49,51-52,62H,4-6,9,12-15,18,21-24,27,30-31,36-38,41,44-47,50,53-61H2,1-3H3. The molecule has 0 aliphatic rings. The van der Waals surface area contributed by atoms with E-state index in [-0.39, 0.29) is 44.0 Å². The molecule has 0 saturated carbocycles. The van der Waals surface area contributed by atoms with Gasteiger partial charge in [0.1, 0.15) is 13.2 Å². The van der Waals surface area contributed by atoms with Crippen LogP contribution < -0.4 is 0 Å². The zero-order chi connectivity index (χ0) is 51.4. The van der Waals surface area contributed by atoms with E-state index in [9.17, 15) is 14.4 Å². The number of carbonyl (C=O) groups is 3. The van der Waals surface area contributed by atoms with Crippen LogP contribution in [0.5, 0.6) is 0 Å². The van der Waals surface area contributed by atoms with Crippen LogP contribution in [0.15, 0.2) is 146 Å². The van der Waals surface area contributed by atoms with E-state index in [2.05, 4.69) is 142 Å². The molecular weight excluding hydrogens is 877 g/mol. The molecule has 0 N–H and O–H groups in total. The molecule has 0 aromatic carbocycles. The van der Waals surface area contributed by atoms with Crippen LogP contribution in [0.2, 0.25) is 0 Å². The number of hydrogen-bond donors (Lipinski definition) is 0. The maximum Gasteiger partial charge on any atom is 0.306 e. The van der Waals surface area contributed by atoms with Crippen molar-refractivity contribution in [1.29, 1.82) is 0 Å². The van der Waals surface area contributed by atoms with Crippen molar-refractivity contribution in [2.24, 2.45) is 0 Å². The highest BCUT2D eigenvalue weighted by Gasteiger charge is 2.19. The summed E-state index contributed by atoms with van der Waals surface area (Å²) in [4.78, 5) is 38.1. The van der Waals surface area contributed by atoms with Gasteiger partial charge in [0.05, 0.1) is 0 Å². The topological polar surface area (TPSA) is 78.9 Å². The highest BCUT2D eigenvalue weighted by molar-refractivity contribution is 5.71. The SMILES string of the molecule is CCC=CCC=CCC=CCC=CCC=CCC=CCCC(=O)OCC(COC(=O)CCC=CCC=CCC=CCC=CCC=CCC=CCC)OC(=O)CCCCCCCCCCCCCCCCC. The van der Waals surface area contributed by atoms with Gasteiger partial charge < -0.3 is 14.2 Å². The quantitative estimate of drug-likeness (QED) is 0.0262. The van der Waals surface area contributed by atoms with Crippen LogP contribution in [0.1, 0.15) is 226 Å². The lowest BCUT2D eigenvalue weighted by Gasteiger charge is -2.18. The van der Waals surface area contributed by atoms with Gasteiger partial charge in [-0.1, -0.05) is 256 Å². The van der Waals surface area contributed by atoms with Crippen molar-refractivity contribution >= 4 is 17.9 Å². The lowest BCUT2D eigenvalue weighted by Crippen LogP contribution is -2.30. The van der Waals surface area contributed by atoms with Crippen molar-refractivity contribution in [2.45, 2.75) is 232 Å². The fourth-order valence-electron chi connectivity index (χ4n) is 7.20. The van der Waals surface area contributed by atoms with E-state index in [0.29, 0.717) is 19.3 Å². The number of hydrogen-bond acceptors (Lipinski definition) is 6. The van der Waals surface area contributed by atoms with E-state index in [4.69, 9.17) is 14.2 Å². The van der Waals surface area contributed by atoms with Gasteiger partial charge in [-0.15, -0.1) is 0 Å². The van der Waals surface area contributed by atoms with Gasteiger partial charge in [0.15, 0.2) is 6.10 Å². The van der Waals surface area contributed by atoms with Gasteiger partial charge in [-0.05, 0) is 96.3 Å². The molecule has 0 unspecified atom stereocenters. The second kappa shape index (κ2) is 57.9. The fourth-order valence-corrected chi connectivity index (χ4v) is 7.20. The first-order valence-electron chi connectivity index (χ1n) is 28.3. The molecular formula is C65H102O6. The molecule has 0 bridgehead atoms. The molecule has 0 amide bonds. The number of rotatable bonds is 49. The number of carbonyl (C=O) groups excluding carboxylic acids is 3. The summed E-state index contributed by atoms with van der Waals surface area (Å²) in [6.45, 7) is 6.27. The van der Waals surface area contributed by atoms with Crippen molar-refractivity contribution in [1.82, 2.24) is 0 Å². The lowest BCUT2D eigenvalue weighted by molar-refractivity contribution is -0.166. The third-order valence-corrected chi connectivity index (χ3v) is 11.4. The Labute approximate surface area is 436 Å². The lowest BCUT2D eigenvalue weighted by atomic mass is 10.0. The van der Waals surface area contributed by atoms with E-state index >= 15 is 0 Å². The van der Waals surface area contributed by atoms with Crippen LogP contribution in [0, 0.1) is 0 Å². The molecule has 398 valence electrons. The summed E-state index contributed by atoms with van der Waals surface area (Å²) in [7, 11) is 0. The van der Waals surface area contributed by atoms with E-state index in [1.807, 2.05) is 24.3 Å². The van der Waals surface area contributed by atoms with E-state index in [1.54, 1.807) is 0 Å². The molecule has 71 heavy (non-hydrogen) atoms. The minimum Gasteiger partial charge on any atom is -0.462 e. The van der Waals surface area contributed by atoms with Gasteiger partial charge in [-0.2, -0.15) is 0 Å². The van der Waals surface area contributed by atoms with Crippen LogP contribution in [-0.4, -0.2) is 37.2 Å². The highest BCUT2D eigenvalue weighted by atomic mass is 16.6. The van der Waals surface area contributed by atoms with Gasteiger partial charge in [-0.3, -0.25) is 14.4 Å². The zero-order valence-corrected chi connectivity index (χ0v) is 45.4. The van der Waals surface area contributed by atoms with Crippen molar-refractivity contribution in [3.63, 3.8) is 0 Å². The second-order valence-corrected chi connectivity index (χ2v) is 18.1. The predicted octanol–water partition coefficient (Wildman–Crippen LogP) is 19.2. The van der Waals surface area contributed by atoms with Gasteiger partial charge in [0.25, 0.3) is 0 Å². The molecule has 0 aliphatic heterocycles. The molecule has 6 nitrogen and oxygen atoms in total. The summed E-state index contributed by atoms with van der Waals surface area (Å²) in [6.07, 6.45) is 82.9. The van der Waals surface area contributed by atoms with Crippen LogP contribution in [0.3, 0.4) is 0 Å². The van der Waals surface area contributed by atoms with Crippen molar-refractivity contribution in [2.75, 3.05) is 13.2 Å². The minimum atomic E-state index is -0.844. The normalized spacial score (nSPS) is 13.2. The van der Waals surface area contributed by atoms with Gasteiger partial charge in [-0.25, -0.2) is 0 Å². The first kappa shape index (κ1) is 66.3. The Hall–Kier alpha value is -4.71. The summed E-state index contributed by atoms with van der Waals surface area (Å²) in [6, 6.07) is 0. The van der Waals surface area contributed by atoms with Gasteiger partial charge >= 0.3 is 17.9 Å². The second-order valence-electron chi connectivity index (χ2n) is 18.1. The van der Waals surface area contributed by atoms with Crippen LogP contribution in [0.25, 0.3) is 0 Å². The van der Waals surface area contributed by atoms with Crippen LogP contribution in [-0.2, 0) is 28.6 Å². The van der Waals surface area contributed by atoms with Gasteiger partial charge in [0, 0.05) is 19.3 Å². The zero-order valence-electron chi connectivity index (χ0n) is 45.4. The summed E-state index contributed by atoms with van der Waals surface area (Å²) in [5.41, 5.74) is 0. The fraction of sp³-hybridized carbons (Fsp3) is 0.585. The molecule has 0 heterocycles. The Morgan fingerprint density at radius 1 is 0.296 bits per heavy atom. The molecule has 0 radical (unpaired) electrons. The number of allylic oxidation sites excluding steroid dienone is 24. The molecule has 0 rings (SSSR count). The third-order valence-electron chi connectivity index (χ3n) is 11.4. The summed E-state index contributed by atoms with van der Waals surface area (Å²) < 4.78 is 16.7. The maximum absolute atomic E-state index is 12.8. The maximum atomic E-state index is 12.8. The summed E-state index contributed by atoms with van der Waals surface area (Å²) >= 11 is 0. The van der Waals surface area contributed by atoms with E-state index in [1.165, 1.54) is 77.0 Å². The van der Waals surface area contributed by atoms with Crippen LogP contribution >= 0.6 is 0 Å². The Balaban J connectivity index is 4.62. The Kier molecular flexibility index (Phi) is 54.0. The average Bonchev–Trinajstić information content (AvgIpc) is 3.37. The predicted molar refractivity (Wildman–Crippen MR) is 306 cm³/mol. The summed E-state index contributed by atoms with van der Waals surface area (Å²) in [5.74, 6) is -1.11. The first-order chi connectivity index (χ1) is 35.0. The summed E-state index contributed by atoms with van der Waals surface area (Å²) in [5, 5.41) is 0. The Morgan fingerprint density at radius 3 is 0.831 bits per heavy atom. The monoisotopic (exact) mass is 979 g/mol. The Morgan fingerprint density at radius 2 is 0.549 bits per heavy atom. The third kappa shape index (κ3) is 56.1. The van der Waals surface area contributed by atoms with Crippen molar-refractivity contribution in [3.8, 4) is 0 Å². The number of esters is 3. The minimum absolute atomic E-state index is 0.145. The molecule has 0 saturated heterocycles. The van der Waals surface area contributed by atoms with Crippen molar-refractivity contribution in [3.05, 3.63) is 146 Å². The van der Waals surface area contributed by atoms with E-state index < -0.39 is 6.10 Å². The molecule has 6 heteroatoms. The molecule has 0 atom stereocenters. The smallest absolute Gasteiger partial charge is 0.306 e. The first-order valence-corrected chi connectivity index (χ1v) is 28.3. The molecule has 0 fully saturated rings. The average molecular weight is 980 g/mol. The number of unbranched alkanes of at least 4 members (excludes halogenated alkanes) is 14. The molecule has 0 spiro atoms. The van der Waals surface area contributed by atoms with E-state index in [0.717, 1.165) is 96.3 Å². The molecule has 0 aromatic heterocycles. The van der Waals surface area contributed by atoms with Crippen molar-refractivity contribution < 1.29 is 28.6 Å². The molecule has 0 aromatic rings. The highest BCUT2D eigenvalue weighted by Crippen LogP contribution is 2.15. The largest absolute Gasteiger partial charge is 0.462 e. The Bertz CT molecular complexity index is 1500. The van der Waals surface area contributed by atoms with Crippen LogP contribution in [0.4, 0.5) is 0 Å². The molecule has 0 aliphatic carbocycles. The van der Waals surface area contributed by atoms with Gasteiger partial charge in [0.2, 0.25) is 0 Å².